The third kappa shape index (κ3) is 3.74. The molecular formula is C23H21N5. The first-order valence-electron chi connectivity index (χ1n) is 9.17. The van der Waals surface area contributed by atoms with Gasteiger partial charge >= 0.3 is 0 Å². The van der Waals surface area contributed by atoms with Crippen molar-refractivity contribution < 1.29 is 0 Å². The van der Waals surface area contributed by atoms with Gasteiger partial charge in [-0.1, -0.05) is 48.5 Å². The Bertz CT molecular complexity index is 1170. The molecule has 0 aliphatic rings. The molecule has 0 unspecified atom stereocenters. The highest BCUT2D eigenvalue weighted by atomic mass is 15.0. The van der Waals surface area contributed by atoms with Crippen LogP contribution in [0.5, 0.6) is 0 Å². The fourth-order valence-corrected chi connectivity index (χ4v) is 3.16. The molecule has 0 aliphatic carbocycles. The van der Waals surface area contributed by atoms with Gasteiger partial charge in [-0.2, -0.15) is 0 Å². The predicted octanol–water partition coefficient (Wildman–Crippen LogP) is 4.78. The zero-order valence-electron chi connectivity index (χ0n) is 15.9. The maximum absolute atomic E-state index is 7.83. The van der Waals surface area contributed by atoms with Crippen molar-refractivity contribution in [2.45, 2.75) is 13.3 Å². The molecule has 0 saturated heterocycles. The average Bonchev–Trinajstić information content (AvgIpc) is 3.07. The summed E-state index contributed by atoms with van der Waals surface area (Å²) in [6.45, 7) is 1.80. The van der Waals surface area contributed by atoms with E-state index in [1.807, 2.05) is 84.6 Å². The maximum Gasteiger partial charge on any atom is 0.152 e. The van der Waals surface area contributed by atoms with Crippen LogP contribution in [0.3, 0.4) is 0 Å². The Balaban J connectivity index is 1.69. The number of para-hydroxylation sites is 1. The first-order chi connectivity index (χ1) is 13.6. The first-order valence-corrected chi connectivity index (χ1v) is 9.17. The molecule has 0 aliphatic heterocycles. The number of nitrogens with one attached hydrogen (secondary N) is 1. The van der Waals surface area contributed by atoms with Gasteiger partial charge in [0.05, 0.1) is 16.9 Å². The number of nitrogens with zero attached hydrogens (tertiary/aromatic N) is 4. The maximum atomic E-state index is 7.83. The van der Waals surface area contributed by atoms with Gasteiger partial charge < -0.3 is 9.98 Å². The molecule has 0 atom stereocenters. The van der Waals surface area contributed by atoms with Crippen LogP contribution in [0.25, 0.3) is 34.3 Å². The normalized spacial score (nSPS) is 11.4. The van der Waals surface area contributed by atoms with Gasteiger partial charge in [0.1, 0.15) is 5.82 Å². The van der Waals surface area contributed by atoms with Gasteiger partial charge in [-0.15, -0.1) is 0 Å². The molecule has 4 aromatic rings. The molecule has 2 heterocycles. The van der Waals surface area contributed by atoms with Crippen molar-refractivity contribution in [3.05, 3.63) is 78.1 Å². The van der Waals surface area contributed by atoms with Crippen molar-refractivity contribution in [2.75, 3.05) is 0 Å². The molecular weight excluding hydrogens is 346 g/mol. The Morgan fingerprint density at radius 3 is 2.50 bits per heavy atom. The summed E-state index contributed by atoms with van der Waals surface area (Å²) in [6, 6.07) is 18.0. The summed E-state index contributed by atoms with van der Waals surface area (Å²) in [7, 11) is 1.98. The fraction of sp³-hybridized carbons (Fsp3) is 0.130. The minimum absolute atomic E-state index is 0.518. The molecule has 0 amide bonds. The van der Waals surface area contributed by atoms with Crippen molar-refractivity contribution in [1.29, 1.82) is 5.41 Å². The summed E-state index contributed by atoms with van der Waals surface area (Å²) in [6.07, 6.45) is 6.34. The lowest BCUT2D eigenvalue weighted by molar-refractivity contribution is 0.898. The Hall–Kier alpha value is -3.60. The Morgan fingerprint density at radius 1 is 0.964 bits per heavy atom. The molecule has 5 nitrogen and oxygen atoms in total. The van der Waals surface area contributed by atoms with Gasteiger partial charge in [0, 0.05) is 36.3 Å². The minimum Gasteiger partial charge on any atom is -0.334 e. The van der Waals surface area contributed by atoms with Crippen LogP contribution in [0.1, 0.15) is 24.3 Å². The summed E-state index contributed by atoms with van der Waals surface area (Å²) in [5.74, 6) is 1.46. The molecule has 0 bridgehead atoms. The first kappa shape index (κ1) is 17.8. The van der Waals surface area contributed by atoms with E-state index in [0.717, 1.165) is 33.7 Å². The van der Waals surface area contributed by atoms with Gasteiger partial charge in [-0.25, -0.2) is 15.0 Å². The van der Waals surface area contributed by atoms with Crippen LogP contribution in [-0.2, 0) is 13.5 Å². The molecule has 0 spiro atoms. The van der Waals surface area contributed by atoms with Crippen molar-refractivity contribution >= 4 is 28.8 Å². The SMILES string of the molecule is CC(=N)Cc1nc(/C=C/c2nc(-c3ccccc3)cn2C)nc2ccccc12. The number of aryl methyl sites for hydroxylation is 1. The van der Waals surface area contributed by atoms with Crippen LogP contribution in [0.4, 0.5) is 0 Å². The van der Waals surface area contributed by atoms with E-state index in [2.05, 4.69) is 9.97 Å². The molecule has 28 heavy (non-hydrogen) atoms. The standard InChI is InChI=1S/C23H21N5/c1-16(24)14-20-18-10-6-7-11-19(18)25-22(26-20)12-13-23-27-21(15-28(23)2)17-8-4-3-5-9-17/h3-13,15,24H,14H2,1-2H3/b13-12+,24-16?. The molecule has 138 valence electrons. The topological polar surface area (TPSA) is 67.5 Å². The van der Waals surface area contributed by atoms with Crippen LogP contribution in [-0.4, -0.2) is 25.2 Å². The van der Waals surface area contributed by atoms with E-state index in [-0.39, 0.29) is 0 Å². The Morgan fingerprint density at radius 2 is 1.71 bits per heavy atom. The zero-order valence-corrected chi connectivity index (χ0v) is 15.9. The number of imidazole rings is 1. The summed E-state index contributed by atoms with van der Waals surface area (Å²) in [5, 5.41) is 8.83. The number of aromatic nitrogens is 4. The van der Waals surface area contributed by atoms with E-state index in [1.165, 1.54) is 0 Å². The highest BCUT2D eigenvalue weighted by Gasteiger charge is 2.08. The molecule has 5 heteroatoms. The molecule has 1 N–H and O–H groups in total. The monoisotopic (exact) mass is 367 g/mol. The van der Waals surface area contributed by atoms with Crippen LogP contribution in [0, 0.1) is 5.41 Å². The van der Waals surface area contributed by atoms with Crippen molar-refractivity contribution in [2.24, 2.45) is 7.05 Å². The van der Waals surface area contributed by atoms with Gasteiger partial charge in [0.25, 0.3) is 0 Å². The van der Waals surface area contributed by atoms with E-state index in [4.69, 9.17) is 10.4 Å². The average molecular weight is 367 g/mol. The highest BCUT2D eigenvalue weighted by molar-refractivity contribution is 5.88. The molecule has 0 saturated carbocycles. The quantitative estimate of drug-likeness (QED) is 0.516. The van der Waals surface area contributed by atoms with Crippen LogP contribution in [0.2, 0.25) is 0 Å². The number of hydrogen-bond acceptors (Lipinski definition) is 4. The van der Waals surface area contributed by atoms with Crippen LogP contribution >= 0.6 is 0 Å². The van der Waals surface area contributed by atoms with Gasteiger partial charge in [0.2, 0.25) is 0 Å². The van der Waals surface area contributed by atoms with Crippen LogP contribution < -0.4 is 0 Å². The second-order valence-corrected chi connectivity index (χ2v) is 6.80. The van der Waals surface area contributed by atoms with E-state index in [1.54, 1.807) is 6.92 Å². The van der Waals surface area contributed by atoms with E-state index in [9.17, 15) is 0 Å². The summed E-state index contributed by atoms with van der Waals surface area (Å²) >= 11 is 0. The summed E-state index contributed by atoms with van der Waals surface area (Å²) in [5.41, 5.74) is 4.36. The lowest BCUT2D eigenvalue weighted by Gasteiger charge is -2.06. The Labute approximate surface area is 163 Å². The van der Waals surface area contributed by atoms with Crippen LogP contribution in [0.15, 0.2) is 60.8 Å². The molecule has 4 rings (SSSR count). The largest absolute Gasteiger partial charge is 0.334 e. The third-order valence-corrected chi connectivity index (χ3v) is 4.50. The lowest BCUT2D eigenvalue weighted by atomic mass is 10.1. The molecule has 0 radical (unpaired) electrons. The van der Waals surface area contributed by atoms with Gasteiger partial charge in [-0.05, 0) is 25.1 Å². The van der Waals surface area contributed by atoms with Crippen molar-refractivity contribution in [3.63, 3.8) is 0 Å². The summed E-state index contributed by atoms with van der Waals surface area (Å²) < 4.78 is 1.99. The van der Waals surface area contributed by atoms with Crippen molar-refractivity contribution in [1.82, 2.24) is 19.5 Å². The second kappa shape index (κ2) is 7.56. The van der Waals surface area contributed by atoms with Crippen molar-refractivity contribution in [3.8, 4) is 11.3 Å². The second-order valence-electron chi connectivity index (χ2n) is 6.80. The minimum atomic E-state index is 0.518. The number of benzene rings is 2. The lowest BCUT2D eigenvalue weighted by Crippen LogP contribution is -2.03. The third-order valence-electron chi connectivity index (χ3n) is 4.50. The summed E-state index contributed by atoms with van der Waals surface area (Å²) in [4.78, 5) is 14.0. The molecule has 2 aromatic heterocycles. The predicted molar refractivity (Wildman–Crippen MR) is 114 cm³/mol. The number of fused-ring (bicyclic) bond motifs is 1. The highest BCUT2D eigenvalue weighted by Crippen LogP contribution is 2.20. The molecule has 0 fully saturated rings. The van der Waals surface area contributed by atoms with E-state index in [0.29, 0.717) is 18.0 Å². The van der Waals surface area contributed by atoms with E-state index < -0.39 is 0 Å². The zero-order chi connectivity index (χ0) is 19.5. The van der Waals surface area contributed by atoms with E-state index >= 15 is 0 Å². The smallest absolute Gasteiger partial charge is 0.152 e. The number of rotatable bonds is 5. The number of hydrogen-bond donors (Lipinski definition) is 1. The fourth-order valence-electron chi connectivity index (χ4n) is 3.16. The van der Waals surface area contributed by atoms with Gasteiger partial charge in [-0.3, -0.25) is 0 Å². The Kier molecular flexibility index (Phi) is 4.81. The van der Waals surface area contributed by atoms with Gasteiger partial charge in [0.15, 0.2) is 5.82 Å². The molecule has 2 aromatic carbocycles.